The Morgan fingerprint density at radius 2 is 1.65 bits per heavy atom. The van der Waals surface area contributed by atoms with Crippen molar-refractivity contribution in [2.24, 2.45) is 0 Å². The van der Waals surface area contributed by atoms with E-state index >= 15 is 0 Å². The van der Waals surface area contributed by atoms with Gasteiger partial charge in [0, 0.05) is 14.1 Å². The van der Waals surface area contributed by atoms with Gasteiger partial charge in [0.25, 0.3) is 0 Å². The molecule has 0 aliphatic carbocycles. The van der Waals surface area contributed by atoms with Crippen molar-refractivity contribution < 1.29 is 27.5 Å². The van der Waals surface area contributed by atoms with Gasteiger partial charge >= 0.3 is 22.3 Å². The Hall–Kier alpha value is -2.13. The van der Waals surface area contributed by atoms with E-state index in [0.29, 0.717) is 4.31 Å². The van der Waals surface area contributed by atoms with Crippen LogP contribution in [0.1, 0.15) is 33.3 Å². The van der Waals surface area contributed by atoms with Crippen LogP contribution in [0, 0.1) is 0 Å². The third-order valence-corrected chi connectivity index (χ3v) is 5.09. The molecule has 1 atom stereocenters. The number of rotatable bonds is 6. The second-order valence-corrected chi connectivity index (χ2v) is 8.85. The molecule has 1 amide bonds. The van der Waals surface area contributed by atoms with Crippen LogP contribution in [0.15, 0.2) is 30.3 Å². The Kier molecular flexibility index (Phi) is 7.16. The van der Waals surface area contributed by atoms with Gasteiger partial charge in [0.05, 0.1) is 0 Å². The standard InChI is InChI=1S/C17H26N2O6S/c1-13(15(20)24-12-14-10-8-7-9-11-14)19(26(22,23)18(5)6)16(21)25-17(2,3)4/h7-11,13H,12H2,1-6H3/t13-/m0/s1. The van der Waals surface area contributed by atoms with Gasteiger partial charge in [0.1, 0.15) is 18.2 Å². The molecule has 0 spiro atoms. The first-order chi connectivity index (χ1) is 11.9. The summed E-state index contributed by atoms with van der Waals surface area (Å²) in [7, 11) is -1.73. The zero-order valence-corrected chi connectivity index (χ0v) is 16.7. The number of nitrogens with zero attached hydrogens (tertiary/aromatic N) is 2. The number of esters is 1. The van der Waals surface area contributed by atoms with Crippen LogP contribution in [0.2, 0.25) is 0 Å². The molecule has 1 aromatic rings. The van der Waals surface area contributed by atoms with E-state index in [9.17, 15) is 18.0 Å². The average molecular weight is 386 g/mol. The summed E-state index contributed by atoms with van der Waals surface area (Å²) in [5.74, 6) is -0.856. The molecule has 0 saturated heterocycles. The van der Waals surface area contributed by atoms with Gasteiger partial charge in [-0.15, -0.1) is 0 Å². The Balaban J connectivity index is 3.01. The van der Waals surface area contributed by atoms with E-state index in [-0.39, 0.29) is 6.61 Å². The molecule has 8 nitrogen and oxygen atoms in total. The molecule has 0 bridgehead atoms. The van der Waals surface area contributed by atoms with Crippen molar-refractivity contribution in [2.45, 2.75) is 45.9 Å². The molecule has 9 heteroatoms. The van der Waals surface area contributed by atoms with Crippen LogP contribution in [0.4, 0.5) is 4.79 Å². The fourth-order valence-corrected chi connectivity index (χ4v) is 2.94. The van der Waals surface area contributed by atoms with Crippen LogP contribution >= 0.6 is 0 Å². The summed E-state index contributed by atoms with van der Waals surface area (Å²) >= 11 is 0. The lowest BCUT2D eigenvalue weighted by atomic mass is 10.2. The van der Waals surface area contributed by atoms with Gasteiger partial charge in [-0.25, -0.2) is 9.59 Å². The molecule has 0 aliphatic rings. The molecular weight excluding hydrogens is 360 g/mol. The molecule has 1 aromatic carbocycles. The fourth-order valence-electron chi connectivity index (χ4n) is 1.88. The van der Waals surface area contributed by atoms with Crippen molar-refractivity contribution in [1.82, 2.24) is 8.61 Å². The maximum atomic E-state index is 12.5. The topological polar surface area (TPSA) is 93.2 Å². The van der Waals surface area contributed by atoms with Crippen molar-refractivity contribution in [3.63, 3.8) is 0 Å². The lowest BCUT2D eigenvalue weighted by Gasteiger charge is -2.31. The highest BCUT2D eigenvalue weighted by Crippen LogP contribution is 2.18. The van der Waals surface area contributed by atoms with Crippen LogP contribution in [0.5, 0.6) is 0 Å². The van der Waals surface area contributed by atoms with Crippen molar-refractivity contribution in [3.8, 4) is 0 Å². The maximum Gasteiger partial charge on any atom is 0.425 e. The first kappa shape index (κ1) is 21.9. The molecule has 0 aliphatic heterocycles. The minimum atomic E-state index is -4.25. The molecule has 0 saturated carbocycles. The first-order valence-electron chi connectivity index (χ1n) is 8.01. The summed E-state index contributed by atoms with van der Waals surface area (Å²) in [4.78, 5) is 24.8. The zero-order chi connectivity index (χ0) is 20.1. The largest absolute Gasteiger partial charge is 0.459 e. The Labute approximate surface area is 154 Å². The number of carbonyl (C=O) groups is 2. The third-order valence-electron chi connectivity index (χ3n) is 3.20. The van der Waals surface area contributed by atoms with Crippen LogP contribution in [-0.4, -0.2) is 54.8 Å². The van der Waals surface area contributed by atoms with Crippen LogP contribution in [0.3, 0.4) is 0 Å². The van der Waals surface area contributed by atoms with E-state index in [1.54, 1.807) is 45.0 Å². The third kappa shape index (κ3) is 5.99. The fraction of sp³-hybridized carbons (Fsp3) is 0.529. The summed E-state index contributed by atoms with van der Waals surface area (Å²) in [6.45, 7) is 6.05. The molecule has 26 heavy (non-hydrogen) atoms. The van der Waals surface area contributed by atoms with Crippen molar-refractivity contribution >= 4 is 22.3 Å². The lowest BCUT2D eigenvalue weighted by Crippen LogP contribution is -2.53. The highest BCUT2D eigenvalue weighted by atomic mass is 32.2. The van der Waals surface area contributed by atoms with E-state index in [1.165, 1.54) is 21.0 Å². The number of hydrogen-bond donors (Lipinski definition) is 0. The molecule has 0 radical (unpaired) electrons. The number of benzene rings is 1. The van der Waals surface area contributed by atoms with Crippen LogP contribution in [0.25, 0.3) is 0 Å². The second-order valence-electron chi connectivity index (χ2n) is 6.84. The molecule has 0 N–H and O–H groups in total. The highest BCUT2D eigenvalue weighted by molar-refractivity contribution is 7.87. The zero-order valence-electron chi connectivity index (χ0n) is 15.9. The van der Waals surface area contributed by atoms with E-state index in [2.05, 4.69) is 0 Å². The summed E-state index contributed by atoms with van der Waals surface area (Å²) in [6, 6.07) is 7.54. The molecule has 1 rings (SSSR count). The maximum absolute atomic E-state index is 12.5. The summed E-state index contributed by atoms with van der Waals surface area (Å²) < 4.78 is 36.6. The minimum Gasteiger partial charge on any atom is -0.459 e. The quantitative estimate of drug-likeness (QED) is 0.696. The van der Waals surface area contributed by atoms with Gasteiger partial charge in [-0.1, -0.05) is 30.3 Å². The van der Waals surface area contributed by atoms with Crippen LogP contribution in [-0.2, 0) is 31.1 Å². The van der Waals surface area contributed by atoms with Crippen molar-refractivity contribution in [3.05, 3.63) is 35.9 Å². The van der Waals surface area contributed by atoms with Gasteiger partial charge in [-0.2, -0.15) is 17.0 Å². The molecule has 146 valence electrons. The second kappa shape index (κ2) is 8.50. The summed E-state index contributed by atoms with van der Waals surface area (Å²) in [6.07, 6.45) is -1.14. The molecule has 0 aromatic heterocycles. The monoisotopic (exact) mass is 386 g/mol. The average Bonchev–Trinajstić information content (AvgIpc) is 2.51. The first-order valence-corrected chi connectivity index (χ1v) is 9.41. The van der Waals surface area contributed by atoms with E-state index in [0.717, 1.165) is 9.87 Å². The van der Waals surface area contributed by atoms with E-state index in [1.807, 2.05) is 6.07 Å². The van der Waals surface area contributed by atoms with Gasteiger partial charge in [-0.05, 0) is 33.3 Å². The Morgan fingerprint density at radius 1 is 1.12 bits per heavy atom. The van der Waals surface area contributed by atoms with E-state index in [4.69, 9.17) is 9.47 Å². The van der Waals surface area contributed by atoms with Gasteiger partial charge in [0.2, 0.25) is 0 Å². The normalized spacial score (nSPS) is 13.2. The van der Waals surface area contributed by atoms with Crippen molar-refractivity contribution in [1.29, 1.82) is 0 Å². The molecule has 0 heterocycles. The molecule has 0 fully saturated rings. The molecular formula is C17H26N2O6S. The summed E-state index contributed by atoms with van der Waals surface area (Å²) in [5, 5.41) is 0. The Morgan fingerprint density at radius 3 is 2.12 bits per heavy atom. The number of hydrogen-bond acceptors (Lipinski definition) is 6. The predicted octanol–water partition coefficient (Wildman–Crippen LogP) is 2.16. The van der Waals surface area contributed by atoms with Crippen LogP contribution < -0.4 is 0 Å². The predicted molar refractivity (Wildman–Crippen MR) is 96.4 cm³/mol. The number of carbonyl (C=O) groups excluding carboxylic acids is 2. The number of amides is 1. The number of ether oxygens (including phenoxy) is 2. The summed E-state index contributed by atoms with van der Waals surface area (Å²) in [5.41, 5.74) is -0.183. The lowest BCUT2D eigenvalue weighted by molar-refractivity contribution is -0.149. The minimum absolute atomic E-state index is 0.0335. The highest BCUT2D eigenvalue weighted by Gasteiger charge is 2.40. The smallest absolute Gasteiger partial charge is 0.425 e. The van der Waals surface area contributed by atoms with Gasteiger partial charge < -0.3 is 9.47 Å². The SMILES string of the molecule is C[C@@H](C(=O)OCc1ccccc1)N(C(=O)OC(C)(C)C)S(=O)(=O)N(C)C. The van der Waals surface area contributed by atoms with Crippen molar-refractivity contribution in [2.75, 3.05) is 14.1 Å². The van der Waals surface area contributed by atoms with E-state index < -0.39 is 33.9 Å². The van der Waals surface area contributed by atoms with Gasteiger partial charge in [-0.3, -0.25) is 0 Å². The Bertz CT molecular complexity index is 725. The molecule has 0 unspecified atom stereocenters. The van der Waals surface area contributed by atoms with Gasteiger partial charge in [0.15, 0.2) is 0 Å².